The van der Waals surface area contributed by atoms with Gasteiger partial charge in [0.15, 0.2) is 0 Å². The number of thioether (sulfide) groups is 1. The highest BCUT2D eigenvalue weighted by molar-refractivity contribution is 7.99. The van der Waals surface area contributed by atoms with Crippen molar-refractivity contribution < 1.29 is 0 Å². The van der Waals surface area contributed by atoms with Gasteiger partial charge in [-0.05, 0) is 30.7 Å². The number of nitrogens with zero attached hydrogens (tertiary/aromatic N) is 2. The average Bonchev–Trinajstić information content (AvgIpc) is 2.40. The van der Waals surface area contributed by atoms with E-state index in [1.807, 2.05) is 36.0 Å². The van der Waals surface area contributed by atoms with E-state index in [0.717, 1.165) is 16.7 Å². The van der Waals surface area contributed by atoms with Gasteiger partial charge in [0.1, 0.15) is 5.82 Å². The van der Waals surface area contributed by atoms with Gasteiger partial charge in [-0.2, -0.15) is 16.7 Å². The Labute approximate surface area is 110 Å². The van der Waals surface area contributed by atoms with Gasteiger partial charge in [0.25, 0.3) is 0 Å². The summed E-state index contributed by atoms with van der Waals surface area (Å²) in [6.07, 6.45) is 2.44. The summed E-state index contributed by atoms with van der Waals surface area (Å²) in [4.78, 5) is 8.86. The van der Waals surface area contributed by atoms with Crippen molar-refractivity contribution in [3.05, 3.63) is 24.3 Å². The number of benzene rings is 1. The van der Waals surface area contributed by atoms with E-state index in [9.17, 15) is 0 Å². The zero-order chi connectivity index (χ0) is 12.4. The Balaban J connectivity index is 1.87. The Morgan fingerprint density at radius 2 is 2.17 bits per heavy atom. The fraction of sp³-hybridized carbons (Fsp3) is 0.385. The van der Waals surface area contributed by atoms with Crippen LogP contribution in [0.15, 0.2) is 24.3 Å². The maximum atomic E-state index is 5.97. The molecule has 1 aromatic heterocycles. The highest BCUT2D eigenvalue weighted by atomic mass is 32.2. The first kappa shape index (κ1) is 11.6. The van der Waals surface area contributed by atoms with Crippen LogP contribution in [0.3, 0.4) is 0 Å². The minimum Gasteiger partial charge on any atom is -0.383 e. The lowest BCUT2D eigenvalue weighted by Crippen LogP contribution is -2.26. The zero-order valence-electron chi connectivity index (χ0n) is 10.1. The van der Waals surface area contributed by atoms with Gasteiger partial charge >= 0.3 is 0 Å². The van der Waals surface area contributed by atoms with Crippen LogP contribution in [-0.4, -0.2) is 27.5 Å². The molecule has 0 aliphatic carbocycles. The van der Waals surface area contributed by atoms with Gasteiger partial charge < -0.3 is 11.1 Å². The number of nitrogen functional groups attached to an aromatic ring is 1. The lowest BCUT2D eigenvalue weighted by Gasteiger charge is -2.22. The number of para-hydroxylation sites is 1. The van der Waals surface area contributed by atoms with Crippen molar-refractivity contribution >= 4 is 34.4 Å². The average molecular weight is 260 g/mol. The first-order valence-corrected chi connectivity index (χ1v) is 7.35. The summed E-state index contributed by atoms with van der Waals surface area (Å²) in [5, 5.41) is 4.31. The first-order chi connectivity index (χ1) is 8.83. The molecule has 0 bridgehead atoms. The van der Waals surface area contributed by atoms with Crippen LogP contribution < -0.4 is 11.1 Å². The van der Waals surface area contributed by atoms with Gasteiger partial charge in [-0.1, -0.05) is 12.1 Å². The highest BCUT2D eigenvalue weighted by Crippen LogP contribution is 2.22. The topological polar surface area (TPSA) is 63.8 Å². The second kappa shape index (κ2) is 5.02. The van der Waals surface area contributed by atoms with Gasteiger partial charge in [0, 0.05) is 17.2 Å². The molecule has 1 saturated heterocycles. The van der Waals surface area contributed by atoms with Crippen LogP contribution in [0.25, 0.3) is 10.9 Å². The summed E-state index contributed by atoms with van der Waals surface area (Å²) in [5.74, 6) is 3.58. The smallest absolute Gasteiger partial charge is 0.225 e. The number of aromatic nitrogens is 2. The van der Waals surface area contributed by atoms with Crippen molar-refractivity contribution in [1.29, 1.82) is 0 Å². The van der Waals surface area contributed by atoms with Crippen molar-refractivity contribution in [2.75, 3.05) is 22.6 Å². The molecular weight excluding hydrogens is 244 g/mol. The lowest BCUT2D eigenvalue weighted by molar-refractivity contribution is 0.679. The fourth-order valence-corrected chi connectivity index (χ4v) is 3.27. The normalized spacial score (nSPS) is 19.9. The van der Waals surface area contributed by atoms with E-state index in [2.05, 4.69) is 15.3 Å². The predicted octanol–water partition coefficient (Wildman–Crippen LogP) is 2.52. The maximum absolute atomic E-state index is 5.97. The number of hydrogen-bond acceptors (Lipinski definition) is 5. The van der Waals surface area contributed by atoms with E-state index in [-0.39, 0.29) is 0 Å². The molecule has 3 N–H and O–H groups in total. The third-order valence-corrected chi connectivity index (χ3v) is 4.34. The lowest BCUT2D eigenvalue weighted by atomic mass is 10.2. The minimum absolute atomic E-state index is 0.462. The molecule has 5 heteroatoms. The molecule has 2 aromatic rings. The largest absolute Gasteiger partial charge is 0.383 e. The fourth-order valence-electron chi connectivity index (χ4n) is 2.20. The van der Waals surface area contributed by atoms with Crippen molar-refractivity contribution in [2.24, 2.45) is 0 Å². The molecule has 0 saturated carbocycles. The molecule has 1 atom stereocenters. The van der Waals surface area contributed by atoms with Gasteiger partial charge in [-0.15, -0.1) is 0 Å². The highest BCUT2D eigenvalue weighted by Gasteiger charge is 2.15. The van der Waals surface area contributed by atoms with Gasteiger partial charge in [-0.25, -0.2) is 4.98 Å². The Morgan fingerprint density at radius 1 is 1.28 bits per heavy atom. The third kappa shape index (κ3) is 2.36. The zero-order valence-corrected chi connectivity index (χ0v) is 10.9. The van der Waals surface area contributed by atoms with Crippen LogP contribution in [0.5, 0.6) is 0 Å². The molecule has 0 spiro atoms. The number of fused-ring (bicyclic) bond motifs is 1. The molecule has 1 fully saturated rings. The maximum Gasteiger partial charge on any atom is 0.225 e. The summed E-state index contributed by atoms with van der Waals surface area (Å²) in [6.45, 7) is 0. The van der Waals surface area contributed by atoms with E-state index in [1.54, 1.807) is 0 Å². The number of nitrogens with one attached hydrogen (secondary N) is 1. The van der Waals surface area contributed by atoms with Crippen LogP contribution in [0.2, 0.25) is 0 Å². The van der Waals surface area contributed by atoms with Gasteiger partial charge in [0.05, 0.1) is 5.52 Å². The van der Waals surface area contributed by atoms with E-state index in [0.29, 0.717) is 17.8 Å². The number of nitrogens with two attached hydrogens (primary N) is 1. The van der Waals surface area contributed by atoms with E-state index < -0.39 is 0 Å². The van der Waals surface area contributed by atoms with Crippen LogP contribution >= 0.6 is 11.8 Å². The van der Waals surface area contributed by atoms with Gasteiger partial charge in [0.2, 0.25) is 5.95 Å². The summed E-state index contributed by atoms with van der Waals surface area (Å²) >= 11 is 1.98. The summed E-state index contributed by atoms with van der Waals surface area (Å²) in [7, 11) is 0. The molecule has 1 aliphatic rings. The van der Waals surface area contributed by atoms with E-state index in [4.69, 9.17) is 5.73 Å². The van der Waals surface area contributed by atoms with Crippen LogP contribution in [0.4, 0.5) is 11.8 Å². The molecule has 4 nitrogen and oxygen atoms in total. The Bertz CT molecular complexity index is 552. The Hall–Kier alpha value is -1.49. The van der Waals surface area contributed by atoms with Crippen molar-refractivity contribution in [3.8, 4) is 0 Å². The molecule has 3 rings (SSSR count). The van der Waals surface area contributed by atoms with E-state index >= 15 is 0 Å². The monoisotopic (exact) mass is 260 g/mol. The van der Waals surface area contributed by atoms with Crippen molar-refractivity contribution in [1.82, 2.24) is 9.97 Å². The van der Waals surface area contributed by atoms with Crippen LogP contribution in [-0.2, 0) is 0 Å². The molecule has 94 valence electrons. The number of hydrogen-bond donors (Lipinski definition) is 2. The SMILES string of the molecule is Nc1nc(N[C@@H]2CCCSC2)nc2ccccc12. The molecule has 0 amide bonds. The molecule has 18 heavy (non-hydrogen) atoms. The number of rotatable bonds is 2. The molecular formula is C13H16N4S. The van der Waals surface area contributed by atoms with E-state index in [1.165, 1.54) is 18.6 Å². The summed E-state index contributed by atoms with van der Waals surface area (Å²) in [5.41, 5.74) is 6.86. The quantitative estimate of drug-likeness (QED) is 0.868. The Morgan fingerprint density at radius 3 is 3.00 bits per heavy atom. The predicted molar refractivity (Wildman–Crippen MR) is 77.9 cm³/mol. The van der Waals surface area contributed by atoms with Gasteiger partial charge in [-0.3, -0.25) is 0 Å². The second-order valence-corrected chi connectivity index (χ2v) is 5.66. The number of anilines is 2. The Kier molecular flexibility index (Phi) is 3.23. The molecule has 2 heterocycles. The first-order valence-electron chi connectivity index (χ1n) is 6.19. The summed E-state index contributed by atoms with van der Waals surface area (Å²) < 4.78 is 0. The molecule has 1 aliphatic heterocycles. The van der Waals surface area contributed by atoms with Crippen LogP contribution in [0, 0.1) is 0 Å². The second-order valence-electron chi connectivity index (χ2n) is 4.51. The molecule has 1 aromatic carbocycles. The summed E-state index contributed by atoms with van der Waals surface area (Å²) in [6, 6.07) is 8.30. The molecule has 0 radical (unpaired) electrons. The third-order valence-electron chi connectivity index (χ3n) is 3.13. The van der Waals surface area contributed by atoms with Crippen LogP contribution in [0.1, 0.15) is 12.8 Å². The minimum atomic E-state index is 0.462. The van der Waals surface area contributed by atoms with Crippen molar-refractivity contribution in [3.63, 3.8) is 0 Å². The standard InChI is InChI=1S/C13H16N4S/c14-12-10-5-1-2-6-11(10)16-13(17-12)15-9-4-3-7-18-8-9/h1-2,5-6,9H,3-4,7-8H2,(H3,14,15,16,17)/t9-/m1/s1. The molecule has 0 unspecified atom stereocenters. The van der Waals surface area contributed by atoms with Crippen molar-refractivity contribution in [2.45, 2.75) is 18.9 Å².